The van der Waals surface area contributed by atoms with Gasteiger partial charge in [0.1, 0.15) is 23.3 Å². The van der Waals surface area contributed by atoms with Crippen molar-refractivity contribution in [3.05, 3.63) is 41.4 Å². The highest BCUT2D eigenvalue weighted by atomic mass is 35.5. The van der Waals surface area contributed by atoms with Gasteiger partial charge in [-0.15, -0.1) is 0 Å². The zero-order valence-corrected chi connectivity index (χ0v) is 18.3. The average molecular weight is 443 g/mol. The summed E-state index contributed by atoms with van der Waals surface area (Å²) in [7, 11) is 0.624. The number of methoxy groups -OCH3 is 3. The Bertz CT molecular complexity index is 996. The number of sulfonamides is 1. The molecule has 2 aromatic carbocycles. The van der Waals surface area contributed by atoms with Crippen LogP contribution in [0.5, 0.6) is 17.2 Å². The molecular weight excluding hydrogens is 420 g/mol. The van der Waals surface area contributed by atoms with Gasteiger partial charge < -0.3 is 19.5 Å². The molecule has 2 rings (SSSR count). The van der Waals surface area contributed by atoms with E-state index in [4.69, 9.17) is 25.8 Å². The number of nitrogens with one attached hydrogen (secondary N) is 1. The summed E-state index contributed by atoms with van der Waals surface area (Å²) in [4.78, 5) is 12.8. The SMILES string of the molecule is COc1ccc(NC(=O)[C@H](C)N(c2ccc(OC)c(Cl)c2)S(C)(=O)=O)c(OC)c1. The summed E-state index contributed by atoms with van der Waals surface area (Å²) in [6.45, 7) is 1.48. The van der Waals surface area contributed by atoms with E-state index >= 15 is 0 Å². The monoisotopic (exact) mass is 442 g/mol. The van der Waals surface area contributed by atoms with Crippen LogP contribution < -0.4 is 23.8 Å². The smallest absolute Gasteiger partial charge is 0.248 e. The molecule has 0 spiro atoms. The molecule has 0 radical (unpaired) electrons. The third-order valence-electron chi connectivity index (χ3n) is 4.14. The predicted octanol–water partition coefficient (Wildman–Crippen LogP) is 3.16. The lowest BCUT2D eigenvalue weighted by atomic mass is 10.2. The molecule has 0 bridgehead atoms. The Morgan fingerprint density at radius 2 is 1.69 bits per heavy atom. The minimum Gasteiger partial charge on any atom is -0.497 e. The van der Waals surface area contributed by atoms with Crippen molar-refractivity contribution in [2.24, 2.45) is 0 Å². The number of carbonyl (C=O) groups is 1. The van der Waals surface area contributed by atoms with Crippen molar-refractivity contribution in [1.29, 1.82) is 0 Å². The van der Waals surface area contributed by atoms with E-state index in [2.05, 4.69) is 5.32 Å². The molecule has 0 fully saturated rings. The molecule has 1 amide bonds. The van der Waals surface area contributed by atoms with Gasteiger partial charge in [0.2, 0.25) is 15.9 Å². The number of carbonyl (C=O) groups excluding carboxylic acids is 1. The second-order valence-electron chi connectivity index (χ2n) is 6.11. The molecule has 0 aliphatic rings. The van der Waals surface area contributed by atoms with Crippen LogP contribution in [0, 0.1) is 0 Å². The third-order valence-corrected chi connectivity index (χ3v) is 5.68. The van der Waals surface area contributed by atoms with E-state index in [-0.39, 0.29) is 10.7 Å². The van der Waals surface area contributed by atoms with Gasteiger partial charge in [-0.3, -0.25) is 9.10 Å². The van der Waals surface area contributed by atoms with Crippen LogP contribution in [0.2, 0.25) is 5.02 Å². The fraction of sp³-hybridized carbons (Fsp3) is 0.316. The van der Waals surface area contributed by atoms with Gasteiger partial charge in [-0.25, -0.2) is 8.42 Å². The second kappa shape index (κ2) is 9.23. The molecule has 0 aromatic heterocycles. The van der Waals surface area contributed by atoms with Crippen molar-refractivity contribution in [2.45, 2.75) is 13.0 Å². The van der Waals surface area contributed by atoms with E-state index < -0.39 is 22.0 Å². The lowest BCUT2D eigenvalue weighted by Gasteiger charge is -2.28. The van der Waals surface area contributed by atoms with Crippen LogP contribution in [-0.4, -0.2) is 48.0 Å². The molecule has 0 aliphatic heterocycles. The van der Waals surface area contributed by atoms with Gasteiger partial charge in [0.25, 0.3) is 0 Å². The molecule has 2 aromatic rings. The van der Waals surface area contributed by atoms with Crippen LogP contribution in [0.1, 0.15) is 6.92 Å². The quantitative estimate of drug-likeness (QED) is 0.674. The summed E-state index contributed by atoms with van der Waals surface area (Å²) in [5.41, 5.74) is 0.619. The minimum atomic E-state index is -3.80. The Hall–Kier alpha value is -2.65. The van der Waals surface area contributed by atoms with E-state index in [1.165, 1.54) is 46.5 Å². The summed E-state index contributed by atoms with van der Waals surface area (Å²) >= 11 is 6.13. The number of benzene rings is 2. The van der Waals surface area contributed by atoms with E-state index in [0.717, 1.165) is 10.6 Å². The molecule has 0 saturated carbocycles. The largest absolute Gasteiger partial charge is 0.497 e. The number of amides is 1. The molecule has 0 saturated heterocycles. The Labute approximate surface area is 175 Å². The first-order chi connectivity index (χ1) is 13.6. The molecule has 1 N–H and O–H groups in total. The van der Waals surface area contributed by atoms with Gasteiger partial charge in [0, 0.05) is 6.07 Å². The predicted molar refractivity (Wildman–Crippen MR) is 113 cm³/mol. The Balaban J connectivity index is 2.36. The second-order valence-corrected chi connectivity index (χ2v) is 8.38. The molecule has 29 heavy (non-hydrogen) atoms. The molecule has 10 heteroatoms. The van der Waals surface area contributed by atoms with E-state index in [9.17, 15) is 13.2 Å². The van der Waals surface area contributed by atoms with Gasteiger partial charge >= 0.3 is 0 Å². The van der Waals surface area contributed by atoms with Gasteiger partial charge in [-0.05, 0) is 37.3 Å². The molecule has 0 aliphatic carbocycles. The van der Waals surface area contributed by atoms with Crippen LogP contribution in [-0.2, 0) is 14.8 Å². The molecule has 1 atom stereocenters. The maximum Gasteiger partial charge on any atom is 0.248 e. The number of halogens is 1. The van der Waals surface area contributed by atoms with E-state index in [0.29, 0.717) is 22.9 Å². The Morgan fingerprint density at radius 3 is 2.21 bits per heavy atom. The lowest BCUT2D eigenvalue weighted by molar-refractivity contribution is -0.116. The van der Waals surface area contributed by atoms with E-state index in [1.807, 2.05) is 0 Å². The number of hydrogen-bond donors (Lipinski definition) is 1. The van der Waals surface area contributed by atoms with Crippen molar-refractivity contribution in [1.82, 2.24) is 0 Å². The van der Waals surface area contributed by atoms with Crippen molar-refractivity contribution >= 4 is 38.9 Å². The van der Waals surface area contributed by atoms with Crippen LogP contribution in [0.25, 0.3) is 0 Å². The van der Waals surface area contributed by atoms with Crippen molar-refractivity contribution < 1.29 is 27.4 Å². The highest BCUT2D eigenvalue weighted by molar-refractivity contribution is 7.92. The van der Waals surface area contributed by atoms with Crippen LogP contribution in [0.3, 0.4) is 0 Å². The first-order valence-corrected chi connectivity index (χ1v) is 10.7. The maximum absolute atomic E-state index is 12.8. The topological polar surface area (TPSA) is 94.2 Å². The fourth-order valence-corrected chi connectivity index (χ4v) is 4.16. The zero-order valence-electron chi connectivity index (χ0n) is 16.7. The van der Waals surface area contributed by atoms with Gasteiger partial charge in [0.15, 0.2) is 0 Å². The summed E-state index contributed by atoms with van der Waals surface area (Å²) in [5.74, 6) is 0.775. The van der Waals surface area contributed by atoms with Crippen molar-refractivity contribution in [3.8, 4) is 17.2 Å². The molecule has 0 unspecified atom stereocenters. The number of nitrogens with zero attached hydrogens (tertiary/aromatic N) is 1. The van der Waals surface area contributed by atoms with Crippen molar-refractivity contribution in [2.75, 3.05) is 37.2 Å². The van der Waals surface area contributed by atoms with Gasteiger partial charge in [-0.2, -0.15) is 0 Å². The Kier molecular flexibility index (Phi) is 7.21. The van der Waals surface area contributed by atoms with Gasteiger partial charge in [-0.1, -0.05) is 11.6 Å². The molecular formula is C19H23ClN2O6S. The van der Waals surface area contributed by atoms with E-state index in [1.54, 1.807) is 18.2 Å². The molecule has 158 valence electrons. The normalized spacial score (nSPS) is 12.1. The summed E-state index contributed by atoms with van der Waals surface area (Å²) < 4.78 is 41.3. The molecule has 0 heterocycles. The lowest BCUT2D eigenvalue weighted by Crippen LogP contribution is -2.45. The standard InChI is InChI=1S/C19H23ClN2O6S/c1-12(19(23)21-16-8-7-14(26-2)11-18(16)28-4)22(29(5,24)25)13-6-9-17(27-3)15(20)10-13/h6-12H,1-5H3,(H,21,23)/t12-/m0/s1. The first kappa shape index (κ1) is 22.6. The fourth-order valence-electron chi connectivity index (χ4n) is 2.74. The number of hydrogen-bond acceptors (Lipinski definition) is 6. The first-order valence-electron chi connectivity index (χ1n) is 8.48. The zero-order chi connectivity index (χ0) is 21.8. The average Bonchev–Trinajstić information content (AvgIpc) is 2.67. The summed E-state index contributed by atoms with van der Waals surface area (Å²) in [6, 6.07) is 8.28. The Morgan fingerprint density at radius 1 is 1.03 bits per heavy atom. The molecule has 8 nitrogen and oxygen atoms in total. The number of ether oxygens (including phenoxy) is 3. The highest BCUT2D eigenvalue weighted by Crippen LogP contribution is 2.32. The maximum atomic E-state index is 12.8. The van der Waals surface area contributed by atoms with Gasteiger partial charge in [0.05, 0.1) is 44.0 Å². The highest BCUT2D eigenvalue weighted by Gasteiger charge is 2.30. The number of rotatable bonds is 8. The van der Waals surface area contributed by atoms with Crippen molar-refractivity contribution in [3.63, 3.8) is 0 Å². The van der Waals surface area contributed by atoms with Crippen LogP contribution in [0.4, 0.5) is 11.4 Å². The third kappa shape index (κ3) is 5.24. The summed E-state index contributed by atoms with van der Waals surface area (Å²) in [6.07, 6.45) is 1.02. The van der Waals surface area contributed by atoms with Crippen LogP contribution in [0.15, 0.2) is 36.4 Å². The minimum absolute atomic E-state index is 0.225. The summed E-state index contributed by atoms with van der Waals surface area (Å²) in [5, 5.41) is 2.91. The van der Waals surface area contributed by atoms with Crippen LogP contribution >= 0.6 is 11.6 Å². The number of anilines is 2.